The minimum absolute atomic E-state index is 0.335. The molecule has 0 N–H and O–H groups in total. The standard InChI is InChI=1S/C11H11NO4S/c1-2-16-11(13)8-5-9-3-6-10(7-4-9)17-12(14)15/h3-8H,2H2,1H3/b8-5+. The quantitative estimate of drug-likeness (QED) is 0.265. The van der Waals surface area contributed by atoms with Gasteiger partial charge in [-0.1, -0.05) is 12.1 Å². The van der Waals surface area contributed by atoms with Gasteiger partial charge in [0.15, 0.2) is 0 Å². The highest BCUT2D eigenvalue weighted by molar-refractivity contribution is 7.93. The maximum absolute atomic E-state index is 11.0. The number of carbonyl (C=O) groups excluding carboxylic acids is 1. The van der Waals surface area contributed by atoms with Crippen LogP contribution in [-0.2, 0) is 9.53 Å². The van der Waals surface area contributed by atoms with Crippen molar-refractivity contribution >= 4 is 24.0 Å². The summed E-state index contributed by atoms with van der Waals surface area (Å²) in [4.78, 5) is 21.8. The van der Waals surface area contributed by atoms with E-state index in [1.807, 2.05) is 0 Å². The van der Waals surface area contributed by atoms with E-state index < -0.39 is 10.3 Å². The lowest BCUT2D eigenvalue weighted by Crippen LogP contribution is -1.98. The minimum Gasteiger partial charge on any atom is -0.463 e. The monoisotopic (exact) mass is 253 g/mol. The van der Waals surface area contributed by atoms with E-state index in [-0.39, 0.29) is 0 Å². The maximum atomic E-state index is 11.0. The SMILES string of the molecule is CCOC(=O)/C=C/c1ccc(S[N+](=O)[O-])cc1. The minimum atomic E-state index is -0.469. The largest absolute Gasteiger partial charge is 0.463 e. The van der Waals surface area contributed by atoms with E-state index in [4.69, 9.17) is 4.74 Å². The smallest absolute Gasteiger partial charge is 0.330 e. The molecule has 0 aromatic heterocycles. The van der Waals surface area contributed by atoms with Gasteiger partial charge >= 0.3 is 5.97 Å². The Kier molecular flexibility index (Phi) is 5.22. The molecule has 0 aliphatic carbocycles. The molecule has 5 nitrogen and oxygen atoms in total. The van der Waals surface area contributed by atoms with E-state index in [2.05, 4.69) is 0 Å². The number of hydrogen-bond acceptors (Lipinski definition) is 5. The molecule has 0 atom stereocenters. The molecule has 0 bridgehead atoms. The van der Waals surface area contributed by atoms with E-state index >= 15 is 0 Å². The molecular weight excluding hydrogens is 242 g/mol. The summed E-state index contributed by atoms with van der Waals surface area (Å²) in [6.07, 6.45) is 2.91. The highest BCUT2D eigenvalue weighted by atomic mass is 32.2. The van der Waals surface area contributed by atoms with Crippen molar-refractivity contribution in [3.8, 4) is 0 Å². The number of nitro groups is 1. The Morgan fingerprint density at radius 1 is 1.47 bits per heavy atom. The Morgan fingerprint density at radius 2 is 2.12 bits per heavy atom. The molecule has 90 valence electrons. The third kappa shape index (κ3) is 5.17. The summed E-state index contributed by atoms with van der Waals surface area (Å²) in [6.45, 7) is 2.07. The Hall–Kier alpha value is -1.82. The Bertz CT molecular complexity index is 428. The average molecular weight is 253 g/mol. The summed E-state index contributed by atoms with van der Waals surface area (Å²) in [6, 6.07) is 6.64. The molecule has 0 saturated heterocycles. The molecule has 0 heterocycles. The molecule has 6 heteroatoms. The second kappa shape index (κ2) is 6.70. The van der Waals surface area contributed by atoms with Crippen molar-refractivity contribution < 1.29 is 13.9 Å². The first kappa shape index (κ1) is 13.2. The van der Waals surface area contributed by atoms with Crippen LogP contribution in [0.2, 0.25) is 0 Å². The number of benzene rings is 1. The Balaban J connectivity index is 2.62. The van der Waals surface area contributed by atoms with Crippen molar-refractivity contribution in [2.24, 2.45) is 0 Å². The van der Waals surface area contributed by atoms with Crippen molar-refractivity contribution in [1.82, 2.24) is 0 Å². The van der Waals surface area contributed by atoms with Gasteiger partial charge in [0.2, 0.25) is 0 Å². The molecule has 0 aliphatic rings. The van der Waals surface area contributed by atoms with Gasteiger partial charge in [-0.2, -0.15) is 0 Å². The fourth-order valence-corrected chi connectivity index (χ4v) is 1.51. The lowest BCUT2D eigenvalue weighted by molar-refractivity contribution is -0.284. The van der Waals surface area contributed by atoms with E-state index in [1.165, 1.54) is 6.08 Å². The molecule has 0 radical (unpaired) electrons. The van der Waals surface area contributed by atoms with Crippen LogP contribution in [-0.4, -0.2) is 16.9 Å². The number of esters is 1. The van der Waals surface area contributed by atoms with E-state index in [0.717, 1.165) is 5.56 Å². The summed E-state index contributed by atoms with van der Waals surface area (Å²) in [5.41, 5.74) is 0.783. The zero-order valence-corrected chi connectivity index (χ0v) is 9.98. The molecule has 1 aromatic rings. The van der Waals surface area contributed by atoms with Crippen LogP contribution in [0, 0.1) is 10.1 Å². The fraction of sp³-hybridized carbons (Fsp3) is 0.182. The Morgan fingerprint density at radius 3 is 2.65 bits per heavy atom. The molecule has 0 saturated carbocycles. The maximum Gasteiger partial charge on any atom is 0.330 e. The van der Waals surface area contributed by atoms with Gasteiger partial charge in [-0.25, -0.2) is 4.79 Å². The molecule has 1 aromatic carbocycles. The van der Waals surface area contributed by atoms with E-state index in [9.17, 15) is 14.9 Å². The van der Waals surface area contributed by atoms with Crippen LogP contribution in [0.5, 0.6) is 0 Å². The van der Waals surface area contributed by atoms with Crippen LogP contribution in [0.3, 0.4) is 0 Å². The van der Waals surface area contributed by atoms with Gasteiger partial charge in [0, 0.05) is 6.08 Å². The second-order valence-electron chi connectivity index (χ2n) is 2.97. The van der Waals surface area contributed by atoms with Gasteiger partial charge in [-0.3, -0.25) is 10.1 Å². The number of hydrogen-bond donors (Lipinski definition) is 0. The first-order chi connectivity index (χ1) is 8.11. The van der Waals surface area contributed by atoms with Crippen LogP contribution in [0.4, 0.5) is 0 Å². The van der Waals surface area contributed by atoms with Crippen molar-refractivity contribution in [2.45, 2.75) is 11.8 Å². The van der Waals surface area contributed by atoms with Crippen LogP contribution >= 0.6 is 11.9 Å². The summed E-state index contributed by atoms with van der Waals surface area (Å²) in [5, 5.41) is 10.2. The number of ether oxygens (including phenoxy) is 1. The molecular formula is C11H11NO4S. The summed E-state index contributed by atoms with van der Waals surface area (Å²) >= 11 is 0.546. The summed E-state index contributed by atoms with van der Waals surface area (Å²) < 4.78 is 4.25. The normalized spacial score (nSPS) is 10.4. The van der Waals surface area contributed by atoms with Gasteiger partial charge in [-0.15, -0.1) is 0 Å². The van der Waals surface area contributed by atoms with Crippen LogP contribution in [0.25, 0.3) is 6.08 Å². The average Bonchev–Trinajstić information content (AvgIpc) is 2.28. The number of carbonyl (C=O) groups is 1. The molecule has 17 heavy (non-hydrogen) atoms. The van der Waals surface area contributed by atoms with Crippen LogP contribution in [0.15, 0.2) is 35.2 Å². The summed E-state index contributed by atoms with van der Waals surface area (Å²) in [5.74, 6) is -0.406. The molecule has 0 aliphatic heterocycles. The third-order valence-corrected chi connectivity index (χ3v) is 2.39. The second-order valence-corrected chi connectivity index (χ2v) is 3.92. The van der Waals surface area contributed by atoms with Gasteiger partial charge in [0.1, 0.15) is 4.33 Å². The first-order valence-corrected chi connectivity index (χ1v) is 5.66. The van der Waals surface area contributed by atoms with Gasteiger partial charge in [0.05, 0.1) is 11.5 Å². The molecule has 0 fully saturated rings. The van der Waals surface area contributed by atoms with Crippen LogP contribution in [0.1, 0.15) is 12.5 Å². The van der Waals surface area contributed by atoms with Gasteiger partial charge in [-0.05, 0) is 30.7 Å². The molecule has 0 spiro atoms. The number of rotatable bonds is 5. The fourth-order valence-electron chi connectivity index (χ4n) is 1.08. The van der Waals surface area contributed by atoms with Gasteiger partial charge < -0.3 is 4.74 Å². The highest BCUT2D eigenvalue weighted by Crippen LogP contribution is 2.18. The van der Waals surface area contributed by atoms with E-state index in [1.54, 1.807) is 37.3 Å². The molecule has 0 unspecified atom stereocenters. The first-order valence-electron chi connectivity index (χ1n) is 4.89. The van der Waals surface area contributed by atoms with Gasteiger partial charge in [0.25, 0.3) is 11.9 Å². The topological polar surface area (TPSA) is 69.4 Å². The highest BCUT2D eigenvalue weighted by Gasteiger charge is 2.03. The number of nitrogens with zero attached hydrogens (tertiary/aromatic N) is 1. The Labute approximate surface area is 103 Å². The predicted octanol–water partition coefficient (Wildman–Crippen LogP) is 2.55. The predicted molar refractivity (Wildman–Crippen MR) is 65.0 cm³/mol. The van der Waals surface area contributed by atoms with E-state index in [0.29, 0.717) is 23.5 Å². The molecule has 1 rings (SSSR count). The van der Waals surface area contributed by atoms with Crippen molar-refractivity contribution in [3.63, 3.8) is 0 Å². The van der Waals surface area contributed by atoms with Crippen LogP contribution < -0.4 is 0 Å². The lowest BCUT2D eigenvalue weighted by atomic mass is 10.2. The zero-order chi connectivity index (χ0) is 12.7. The van der Waals surface area contributed by atoms with Crippen molar-refractivity contribution in [1.29, 1.82) is 0 Å². The molecule has 0 amide bonds. The summed E-state index contributed by atoms with van der Waals surface area (Å²) in [7, 11) is 0. The lowest BCUT2D eigenvalue weighted by Gasteiger charge is -1.96. The van der Waals surface area contributed by atoms with Crippen molar-refractivity contribution in [3.05, 3.63) is 46.0 Å². The third-order valence-electron chi connectivity index (χ3n) is 1.76. The van der Waals surface area contributed by atoms with Crippen molar-refractivity contribution in [2.75, 3.05) is 6.61 Å². The zero-order valence-electron chi connectivity index (χ0n) is 9.16.